The van der Waals surface area contributed by atoms with Gasteiger partial charge in [-0.15, -0.1) is 0 Å². The Morgan fingerprint density at radius 3 is 2.48 bits per heavy atom. The number of nitrogens with zero attached hydrogens (tertiary/aromatic N) is 2. The molecule has 0 unspecified atom stereocenters. The SMILES string of the molecule is CCOC1CCN(CC(=O)Nc2cc(S(=O)(=O)N3CCCCC3)ccc2C)CC1. The third kappa shape index (κ3) is 5.78. The minimum absolute atomic E-state index is 0.115. The molecule has 8 heteroatoms. The van der Waals surface area contributed by atoms with E-state index < -0.39 is 10.0 Å². The van der Waals surface area contributed by atoms with Crippen LogP contribution < -0.4 is 5.32 Å². The first kappa shape index (κ1) is 22.2. The van der Waals surface area contributed by atoms with Gasteiger partial charge in [-0.2, -0.15) is 4.31 Å². The zero-order chi connectivity index (χ0) is 20.9. The summed E-state index contributed by atoms with van der Waals surface area (Å²) in [6.45, 7) is 7.71. The molecule has 0 atom stereocenters. The average molecular weight is 424 g/mol. The van der Waals surface area contributed by atoms with Crippen molar-refractivity contribution in [1.82, 2.24) is 9.21 Å². The van der Waals surface area contributed by atoms with Gasteiger partial charge in [0.05, 0.1) is 17.5 Å². The van der Waals surface area contributed by atoms with Gasteiger partial charge >= 0.3 is 0 Å². The lowest BCUT2D eigenvalue weighted by Gasteiger charge is -2.31. The lowest BCUT2D eigenvalue weighted by Crippen LogP contribution is -2.41. The standard InChI is InChI=1S/C21H33N3O4S/c1-3-28-18-9-13-23(14-10-18)16-21(25)22-20-15-19(8-7-17(20)2)29(26,27)24-11-5-4-6-12-24/h7-8,15,18H,3-6,9-14,16H2,1-2H3,(H,22,25). The van der Waals surface area contributed by atoms with Gasteiger partial charge in [0.25, 0.3) is 0 Å². The summed E-state index contributed by atoms with van der Waals surface area (Å²) in [7, 11) is -3.52. The average Bonchev–Trinajstić information content (AvgIpc) is 2.72. The molecule has 3 rings (SSSR count). The van der Waals surface area contributed by atoms with Gasteiger partial charge < -0.3 is 10.1 Å². The second-order valence-corrected chi connectivity index (χ2v) is 9.86. The largest absolute Gasteiger partial charge is 0.378 e. The highest BCUT2D eigenvalue weighted by molar-refractivity contribution is 7.89. The predicted molar refractivity (Wildman–Crippen MR) is 114 cm³/mol. The Bertz CT molecular complexity index is 798. The van der Waals surface area contributed by atoms with Crippen LogP contribution in [0, 0.1) is 6.92 Å². The fourth-order valence-electron chi connectivity index (χ4n) is 4.01. The molecule has 2 aliphatic rings. The fraction of sp³-hybridized carbons (Fsp3) is 0.667. The van der Waals surface area contributed by atoms with E-state index in [1.54, 1.807) is 22.5 Å². The van der Waals surface area contributed by atoms with E-state index in [1.807, 2.05) is 13.8 Å². The Morgan fingerprint density at radius 2 is 1.83 bits per heavy atom. The van der Waals surface area contributed by atoms with Crippen LogP contribution in [0.2, 0.25) is 0 Å². The first-order chi connectivity index (χ1) is 13.9. The molecule has 1 N–H and O–H groups in total. The molecular formula is C21H33N3O4S. The Hall–Kier alpha value is -1.48. The monoisotopic (exact) mass is 423 g/mol. The number of sulfonamides is 1. The van der Waals surface area contributed by atoms with Crippen LogP contribution in [0.5, 0.6) is 0 Å². The molecule has 0 radical (unpaired) electrons. The van der Waals surface area contributed by atoms with Crippen LogP contribution in [0.1, 0.15) is 44.6 Å². The van der Waals surface area contributed by atoms with E-state index in [0.29, 0.717) is 31.4 Å². The number of hydrogen-bond donors (Lipinski definition) is 1. The van der Waals surface area contributed by atoms with Gasteiger partial charge in [0, 0.05) is 38.5 Å². The van der Waals surface area contributed by atoms with Gasteiger partial charge in [-0.25, -0.2) is 8.42 Å². The van der Waals surface area contributed by atoms with E-state index in [4.69, 9.17) is 4.74 Å². The van der Waals surface area contributed by atoms with Gasteiger partial charge in [-0.05, 0) is 57.2 Å². The van der Waals surface area contributed by atoms with Gasteiger partial charge in [0.1, 0.15) is 0 Å². The summed E-state index contributed by atoms with van der Waals surface area (Å²) in [6.07, 6.45) is 5.03. The molecule has 2 heterocycles. The quantitative estimate of drug-likeness (QED) is 0.729. The Morgan fingerprint density at radius 1 is 1.14 bits per heavy atom. The zero-order valence-corrected chi connectivity index (χ0v) is 18.3. The number of piperidine rings is 2. The van der Waals surface area contributed by atoms with Crippen molar-refractivity contribution in [2.75, 3.05) is 44.6 Å². The number of amides is 1. The van der Waals surface area contributed by atoms with Crippen LogP contribution in [-0.2, 0) is 19.6 Å². The highest BCUT2D eigenvalue weighted by Gasteiger charge is 2.27. The molecule has 0 aliphatic carbocycles. The van der Waals surface area contributed by atoms with Crippen molar-refractivity contribution >= 4 is 21.6 Å². The number of hydrogen-bond acceptors (Lipinski definition) is 5. The smallest absolute Gasteiger partial charge is 0.243 e. The van der Waals surface area contributed by atoms with Crippen LogP contribution in [0.25, 0.3) is 0 Å². The summed E-state index contributed by atoms with van der Waals surface area (Å²) in [6, 6.07) is 4.99. The van der Waals surface area contributed by atoms with Gasteiger partial charge in [-0.3, -0.25) is 9.69 Å². The fourth-order valence-corrected chi connectivity index (χ4v) is 5.56. The third-order valence-corrected chi connectivity index (χ3v) is 7.63. The molecule has 1 amide bonds. The van der Waals surface area contributed by atoms with Crippen molar-refractivity contribution < 1.29 is 17.9 Å². The number of anilines is 1. The van der Waals surface area contributed by atoms with Gasteiger partial charge in [0.15, 0.2) is 0 Å². The molecule has 162 valence electrons. The Kier molecular flexibility index (Phi) is 7.67. The molecular weight excluding hydrogens is 390 g/mol. The van der Waals surface area contributed by atoms with Crippen molar-refractivity contribution in [3.05, 3.63) is 23.8 Å². The summed E-state index contributed by atoms with van der Waals surface area (Å²) in [5, 5.41) is 2.91. The summed E-state index contributed by atoms with van der Waals surface area (Å²) in [4.78, 5) is 14.9. The molecule has 2 fully saturated rings. The molecule has 1 aromatic rings. The van der Waals surface area contributed by atoms with Crippen molar-refractivity contribution in [3.8, 4) is 0 Å². The topological polar surface area (TPSA) is 79.0 Å². The maximum atomic E-state index is 12.9. The summed E-state index contributed by atoms with van der Waals surface area (Å²) < 4.78 is 33.1. The maximum absolute atomic E-state index is 12.9. The Balaban J connectivity index is 1.62. The van der Waals surface area contributed by atoms with E-state index in [-0.39, 0.29) is 10.8 Å². The number of rotatable bonds is 7. The lowest BCUT2D eigenvalue weighted by molar-refractivity contribution is -0.118. The van der Waals surface area contributed by atoms with Gasteiger partial charge in [-0.1, -0.05) is 12.5 Å². The van der Waals surface area contributed by atoms with Crippen molar-refractivity contribution in [1.29, 1.82) is 0 Å². The second kappa shape index (κ2) is 10.0. The van der Waals surface area contributed by atoms with Crippen LogP contribution >= 0.6 is 0 Å². The summed E-state index contributed by atoms with van der Waals surface area (Å²) >= 11 is 0. The molecule has 1 aromatic carbocycles. The van der Waals surface area contributed by atoms with E-state index in [9.17, 15) is 13.2 Å². The molecule has 0 saturated carbocycles. The maximum Gasteiger partial charge on any atom is 0.243 e. The van der Waals surface area contributed by atoms with Crippen molar-refractivity contribution in [3.63, 3.8) is 0 Å². The number of aryl methyl sites for hydroxylation is 1. The minimum atomic E-state index is -3.52. The number of benzene rings is 1. The zero-order valence-electron chi connectivity index (χ0n) is 17.5. The predicted octanol–water partition coefficient (Wildman–Crippen LogP) is 2.61. The summed E-state index contributed by atoms with van der Waals surface area (Å²) in [5.74, 6) is -0.115. The minimum Gasteiger partial charge on any atom is -0.378 e. The third-order valence-electron chi connectivity index (χ3n) is 5.74. The first-order valence-electron chi connectivity index (χ1n) is 10.6. The van der Waals surface area contributed by atoms with Gasteiger partial charge in [0.2, 0.25) is 15.9 Å². The Labute approximate surface area is 174 Å². The van der Waals surface area contributed by atoms with Crippen LogP contribution in [0.3, 0.4) is 0 Å². The van der Waals surface area contributed by atoms with E-state index in [0.717, 1.165) is 57.4 Å². The molecule has 2 saturated heterocycles. The first-order valence-corrected chi connectivity index (χ1v) is 12.1. The van der Waals surface area contributed by atoms with E-state index in [1.165, 1.54) is 0 Å². The van der Waals surface area contributed by atoms with Crippen molar-refractivity contribution in [2.45, 2.75) is 57.0 Å². The number of nitrogens with one attached hydrogen (secondary N) is 1. The van der Waals surface area contributed by atoms with E-state index >= 15 is 0 Å². The second-order valence-electron chi connectivity index (χ2n) is 7.92. The molecule has 2 aliphatic heterocycles. The highest BCUT2D eigenvalue weighted by Crippen LogP contribution is 2.25. The number of ether oxygens (including phenoxy) is 1. The molecule has 0 bridgehead atoms. The molecule has 0 aromatic heterocycles. The number of carbonyl (C=O) groups excluding carboxylic acids is 1. The summed E-state index contributed by atoms with van der Waals surface area (Å²) in [5.41, 5.74) is 1.42. The van der Waals surface area contributed by atoms with Crippen molar-refractivity contribution in [2.24, 2.45) is 0 Å². The molecule has 29 heavy (non-hydrogen) atoms. The van der Waals surface area contributed by atoms with Crippen LogP contribution in [0.4, 0.5) is 5.69 Å². The van der Waals surface area contributed by atoms with Crippen LogP contribution in [-0.4, -0.2) is 69.0 Å². The molecule has 0 spiro atoms. The molecule has 7 nitrogen and oxygen atoms in total. The van der Waals surface area contributed by atoms with E-state index in [2.05, 4.69) is 10.2 Å². The number of likely N-dealkylation sites (tertiary alicyclic amines) is 1. The number of carbonyl (C=O) groups is 1. The normalized spacial score (nSPS) is 19.9. The highest BCUT2D eigenvalue weighted by atomic mass is 32.2. The van der Waals surface area contributed by atoms with Crippen LogP contribution in [0.15, 0.2) is 23.1 Å². The lowest BCUT2D eigenvalue weighted by atomic mass is 10.1.